The lowest BCUT2D eigenvalue weighted by molar-refractivity contribution is 0.276. The fourth-order valence-corrected chi connectivity index (χ4v) is 1.50. The van der Waals surface area contributed by atoms with Crippen LogP contribution in [-0.2, 0) is 13.7 Å². The first-order valence-corrected chi connectivity index (χ1v) is 5.58. The zero-order chi connectivity index (χ0) is 13.1. The van der Waals surface area contributed by atoms with E-state index in [0.717, 1.165) is 5.56 Å². The molecule has 2 rings (SSSR count). The quantitative estimate of drug-likeness (QED) is 0.894. The van der Waals surface area contributed by atoms with Crippen LogP contribution in [0.1, 0.15) is 24.4 Å². The number of halogens is 1. The van der Waals surface area contributed by atoms with E-state index in [1.165, 1.54) is 6.07 Å². The second-order valence-electron chi connectivity index (χ2n) is 4.13. The van der Waals surface area contributed by atoms with Crippen LogP contribution in [-0.4, -0.2) is 14.8 Å². The Bertz CT molecular complexity index is 539. The molecule has 0 fully saturated rings. The van der Waals surface area contributed by atoms with Crippen LogP contribution in [0.5, 0.6) is 5.75 Å². The second kappa shape index (κ2) is 5.14. The maximum absolute atomic E-state index is 13.7. The molecule has 0 amide bonds. The topological polar surface area (TPSA) is 66.0 Å². The van der Waals surface area contributed by atoms with Gasteiger partial charge < -0.3 is 15.0 Å². The molecule has 0 spiro atoms. The lowest BCUT2D eigenvalue weighted by Crippen LogP contribution is -2.07. The van der Waals surface area contributed by atoms with E-state index in [1.54, 1.807) is 37.0 Å². The first-order valence-electron chi connectivity index (χ1n) is 5.58. The summed E-state index contributed by atoms with van der Waals surface area (Å²) in [6.45, 7) is 1.97. The Labute approximate surface area is 104 Å². The number of aryl methyl sites for hydroxylation is 1. The summed E-state index contributed by atoms with van der Waals surface area (Å²) in [5, 5.41) is 7.57. The number of aromatic nitrogens is 3. The maximum Gasteiger partial charge on any atom is 0.170 e. The molecule has 0 aliphatic carbocycles. The highest BCUT2D eigenvalue weighted by Crippen LogP contribution is 2.21. The van der Waals surface area contributed by atoms with Gasteiger partial charge in [0.25, 0.3) is 0 Å². The molecule has 1 heterocycles. The lowest BCUT2D eigenvalue weighted by Gasteiger charge is -2.10. The van der Waals surface area contributed by atoms with E-state index in [9.17, 15) is 4.39 Å². The Morgan fingerprint density at radius 1 is 1.50 bits per heavy atom. The van der Waals surface area contributed by atoms with Gasteiger partial charge in [0.15, 0.2) is 17.4 Å². The zero-order valence-electron chi connectivity index (χ0n) is 10.3. The average molecular weight is 250 g/mol. The van der Waals surface area contributed by atoms with Crippen molar-refractivity contribution in [2.75, 3.05) is 0 Å². The van der Waals surface area contributed by atoms with Gasteiger partial charge in [-0.2, -0.15) is 0 Å². The van der Waals surface area contributed by atoms with Crippen molar-refractivity contribution in [2.45, 2.75) is 19.6 Å². The van der Waals surface area contributed by atoms with Crippen LogP contribution in [0, 0.1) is 5.82 Å². The molecule has 96 valence electrons. The maximum atomic E-state index is 13.7. The molecular formula is C12H15FN4O. The molecule has 0 saturated heterocycles. The Kier molecular flexibility index (Phi) is 3.57. The van der Waals surface area contributed by atoms with Gasteiger partial charge in [-0.1, -0.05) is 6.07 Å². The summed E-state index contributed by atoms with van der Waals surface area (Å²) in [6, 6.07) is 4.51. The van der Waals surface area contributed by atoms with Gasteiger partial charge in [0.05, 0.1) is 0 Å². The molecule has 0 aliphatic rings. The van der Waals surface area contributed by atoms with Gasteiger partial charge in [-0.25, -0.2) is 4.39 Å². The van der Waals surface area contributed by atoms with Gasteiger partial charge in [0, 0.05) is 13.1 Å². The van der Waals surface area contributed by atoms with Crippen molar-refractivity contribution < 1.29 is 9.13 Å². The molecule has 1 aromatic heterocycles. The predicted octanol–water partition coefficient (Wildman–Crippen LogP) is 1.55. The minimum atomic E-state index is -0.424. The van der Waals surface area contributed by atoms with Crippen molar-refractivity contribution in [2.24, 2.45) is 12.8 Å². The molecule has 0 radical (unpaired) electrons. The molecule has 6 heteroatoms. The minimum absolute atomic E-state index is 0.172. The number of nitrogens with two attached hydrogens (primary N) is 1. The van der Waals surface area contributed by atoms with Crippen LogP contribution in [0.3, 0.4) is 0 Å². The van der Waals surface area contributed by atoms with Crippen LogP contribution in [0.15, 0.2) is 24.5 Å². The highest BCUT2D eigenvalue weighted by atomic mass is 19.1. The summed E-state index contributed by atoms with van der Waals surface area (Å²) in [4.78, 5) is 0. The molecule has 0 aliphatic heterocycles. The summed E-state index contributed by atoms with van der Waals surface area (Å²) in [6.07, 6.45) is 1.56. The minimum Gasteiger partial charge on any atom is -0.483 e. The van der Waals surface area contributed by atoms with E-state index in [-0.39, 0.29) is 18.4 Å². The van der Waals surface area contributed by atoms with E-state index in [0.29, 0.717) is 5.82 Å². The van der Waals surface area contributed by atoms with Gasteiger partial charge in [-0.05, 0) is 24.6 Å². The van der Waals surface area contributed by atoms with Gasteiger partial charge >= 0.3 is 0 Å². The first kappa shape index (κ1) is 12.5. The molecule has 18 heavy (non-hydrogen) atoms. The van der Waals surface area contributed by atoms with Gasteiger partial charge in [0.1, 0.15) is 12.9 Å². The number of ether oxygens (including phenoxy) is 1. The van der Waals surface area contributed by atoms with Crippen molar-refractivity contribution in [1.29, 1.82) is 0 Å². The molecular weight excluding hydrogens is 235 g/mol. The lowest BCUT2D eigenvalue weighted by atomic mass is 10.1. The zero-order valence-corrected chi connectivity index (χ0v) is 10.3. The molecule has 5 nitrogen and oxygen atoms in total. The number of rotatable bonds is 4. The van der Waals surface area contributed by atoms with Crippen LogP contribution >= 0.6 is 0 Å². The van der Waals surface area contributed by atoms with Crippen LogP contribution in [0.2, 0.25) is 0 Å². The SMILES string of the molecule is CC(N)c1ccc(OCc2nncn2C)c(F)c1. The number of benzene rings is 1. The molecule has 2 N–H and O–H groups in total. The molecule has 0 saturated carbocycles. The molecule has 1 atom stereocenters. The molecule has 1 unspecified atom stereocenters. The Morgan fingerprint density at radius 2 is 2.28 bits per heavy atom. The number of nitrogens with zero attached hydrogens (tertiary/aromatic N) is 3. The van der Waals surface area contributed by atoms with Crippen molar-refractivity contribution in [3.05, 3.63) is 41.7 Å². The summed E-state index contributed by atoms with van der Waals surface area (Å²) in [5.41, 5.74) is 6.41. The number of hydrogen-bond acceptors (Lipinski definition) is 4. The first-order chi connectivity index (χ1) is 8.58. The standard InChI is InChI=1S/C12H15FN4O/c1-8(14)9-3-4-11(10(13)5-9)18-6-12-16-15-7-17(12)2/h3-5,7-8H,6,14H2,1-2H3. The van der Waals surface area contributed by atoms with E-state index in [1.807, 2.05) is 0 Å². The predicted molar refractivity (Wildman–Crippen MR) is 64.3 cm³/mol. The summed E-state index contributed by atoms with van der Waals surface area (Å²) >= 11 is 0. The monoisotopic (exact) mass is 250 g/mol. The molecule has 1 aromatic carbocycles. The number of hydrogen-bond donors (Lipinski definition) is 1. The van der Waals surface area contributed by atoms with Gasteiger partial charge in [-0.3, -0.25) is 0 Å². The highest BCUT2D eigenvalue weighted by Gasteiger charge is 2.09. The summed E-state index contributed by atoms with van der Waals surface area (Å²) in [5.74, 6) is 0.389. The molecule has 2 aromatic rings. The van der Waals surface area contributed by atoms with Crippen molar-refractivity contribution in [3.63, 3.8) is 0 Å². The largest absolute Gasteiger partial charge is 0.483 e. The third kappa shape index (κ3) is 2.65. The van der Waals surface area contributed by atoms with Gasteiger partial charge in [0.2, 0.25) is 0 Å². The second-order valence-corrected chi connectivity index (χ2v) is 4.13. The fourth-order valence-electron chi connectivity index (χ4n) is 1.50. The normalized spacial score (nSPS) is 12.4. The summed E-state index contributed by atoms with van der Waals surface area (Å²) in [7, 11) is 1.80. The van der Waals surface area contributed by atoms with Crippen LogP contribution in [0.4, 0.5) is 4.39 Å². The van der Waals surface area contributed by atoms with Crippen molar-refractivity contribution >= 4 is 0 Å². The van der Waals surface area contributed by atoms with E-state index < -0.39 is 5.82 Å². The third-order valence-corrected chi connectivity index (χ3v) is 2.64. The van der Waals surface area contributed by atoms with Crippen LogP contribution in [0.25, 0.3) is 0 Å². The highest BCUT2D eigenvalue weighted by molar-refractivity contribution is 5.30. The average Bonchev–Trinajstić information content (AvgIpc) is 2.73. The Morgan fingerprint density at radius 3 is 2.83 bits per heavy atom. The Balaban J connectivity index is 2.08. The van der Waals surface area contributed by atoms with Crippen LogP contribution < -0.4 is 10.5 Å². The smallest absolute Gasteiger partial charge is 0.170 e. The Hall–Kier alpha value is -1.95. The molecule has 0 bridgehead atoms. The van der Waals surface area contributed by atoms with Crippen molar-refractivity contribution in [3.8, 4) is 5.75 Å². The van der Waals surface area contributed by atoms with Gasteiger partial charge in [-0.15, -0.1) is 10.2 Å². The summed E-state index contributed by atoms with van der Waals surface area (Å²) < 4.78 is 20.8. The van der Waals surface area contributed by atoms with Crippen molar-refractivity contribution in [1.82, 2.24) is 14.8 Å². The van der Waals surface area contributed by atoms with E-state index in [2.05, 4.69) is 10.2 Å². The fraction of sp³-hybridized carbons (Fsp3) is 0.333. The van der Waals surface area contributed by atoms with E-state index in [4.69, 9.17) is 10.5 Å². The third-order valence-electron chi connectivity index (χ3n) is 2.64. The van der Waals surface area contributed by atoms with E-state index >= 15 is 0 Å².